The van der Waals surface area contributed by atoms with Crippen molar-refractivity contribution in [2.45, 2.75) is 13.5 Å². The van der Waals surface area contributed by atoms with Crippen LogP contribution < -0.4 is 0 Å². The number of carboxylic acid groups (broad SMARTS) is 1. The quantitative estimate of drug-likeness (QED) is 0.836. The predicted octanol–water partition coefficient (Wildman–Crippen LogP) is 2.94. The summed E-state index contributed by atoms with van der Waals surface area (Å²) in [6.07, 6.45) is 2.79. The molecule has 1 N–H and O–H groups in total. The van der Waals surface area contributed by atoms with E-state index in [1.807, 2.05) is 37.3 Å². The van der Waals surface area contributed by atoms with Crippen molar-refractivity contribution in [2.24, 2.45) is 0 Å². The molecule has 1 aromatic heterocycles. The van der Waals surface area contributed by atoms with Crippen LogP contribution >= 0.6 is 0 Å². The first kappa shape index (κ1) is 12.2. The van der Waals surface area contributed by atoms with Crippen LogP contribution in [0.2, 0.25) is 0 Å². The molecule has 0 amide bonds. The van der Waals surface area contributed by atoms with Crippen LogP contribution in [0.3, 0.4) is 0 Å². The summed E-state index contributed by atoms with van der Waals surface area (Å²) in [5, 5.41) is 8.67. The third-order valence-electron chi connectivity index (χ3n) is 2.81. The Morgan fingerprint density at radius 3 is 2.61 bits per heavy atom. The number of aryl methyl sites for hydroxylation is 1. The predicted molar refractivity (Wildman–Crippen MR) is 71.4 cm³/mol. The van der Waals surface area contributed by atoms with E-state index in [4.69, 9.17) is 5.11 Å². The van der Waals surface area contributed by atoms with E-state index in [0.29, 0.717) is 0 Å². The highest BCUT2D eigenvalue weighted by atomic mass is 16.4. The minimum Gasteiger partial charge on any atom is -0.478 e. The Balaban J connectivity index is 2.27. The average Bonchev–Trinajstić information content (AvgIpc) is 2.70. The van der Waals surface area contributed by atoms with E-state index < -0.39 is 5.97 Å². The van der Waals surface area contributed by atoms with Crippen LogP contribution in [0.15, 0.2) is 48.5 Å². The Morgan fingerprint density at radius 1 is 1.22 bits per heavy atom. The van der Waals surface area contributed by atoms with E-state index in [9.17, 15) is 4.79 Å². The molecule has 2 rings (SSSR count). The third-order valence-corrected chi connectivity index (χ3v) is 2.81. The fraction of sp³-hybridized carbons (Fsp3) is 0.133. The molecule has 18 heavy (non-hydrogen) atoms. The molecule has 0 aliphatic carbocycles. The molecule has 3 nitrogen and oxygen atoms in total. The minimum absolute atomic E-state index is 0.749. The molecular formula is C15H15NO2. The van der Waals surface area contributed by atoms with Gasteiger partial charge in [-0.1, -0.05) is 30.3 Å². The van der Waals surface area contributed by atoms with Crippen LogP contribution in [0.5, 0.6) is 0 Å². The highest BCUT2D eigenvalue weighted by Crippen LogP contribution is 2.13. The Hall–Kier alpha value is -2.29. The molecular weight excluding hydrogens is 226 g/mol. The van der Waals surface area contributed by atoms with Gasteiger partial charge in [-0.2, -0.15) is 0 Å². The van der Waals surface area contributed by atoms with E-state index in [2.05, 4.69) is 16.7 Å². The first-order valence-corrected chi connectivity index (χ1v) is 5.78. The summed E-state index contributed by atoms with van der Waals surface area (Å²) in [7, 11) is 0. The molecule has 2 aromatic rings. The molecule has 3 heteroatoms. The lowest BCUT2D eigenvalue weighted by Gasteiger charge is -2.09. The number of rotatable bonds is 4. The molecule has 0 fully saturated rings. The van der Waals surface area contributed by atoms with Gasteiger partial charge in [0.1, 0.15) is 0 Å². The van der Waals surface area contributed by atoms with Crippen molar-refractivity contribution >= 4 is 12.0 Å². The first-order valence-electron chi connectivity index (χ1n) is 5.78. The summed E-state index contributed by atoms with van der Waals surface area (Å²) in [5.41, 5.74) is 3.21. The van der Waals surface area contributed by atoms with Gasteiger partial charge in [-0.3, -0.25) is 0 Å². The molecule has 0 saturated heterocycles. The molecule has 0 aliphatic heterocycles. The zero-order chi connectivity index (χ0) is 13.0. The summed E-state index contributed by atoms with van der Waals surface area (Å²) in [6.45, 7) is 2.76. The zero-order valence-electron chi connectivity index (χ0n) is 10.2. The summed E-state index contributed by atoms with van der Waals surface area (Å²) in [4.78, 5) is 10.6. The molecule has 0 spiro atoms. The number of hydrogen-bond acceptors (Lipinski definition) is 1. The number of nitrogens with zero attached hydrogens (tertiary/aromatic N) is 1. The van der Waals surface area contributed by atoms with Crippen LogP contribution in [-0.4, -0.2) is 15.6 Å². The first-order chi connectivity index (χ1) is 8.66. The number of benzene rings is 1. The Morgan fingerprint density at radius 2 is 1.94 bits per heavy atom. The molecule has 0 saturated carbocycles. The van der Waals surface area contributed by atoms with Crippen molar-refractivity contribution in [1.29, 1.82) is 0 Å². The maximum absolute atomic E-state index is 10.6. The lowest BCUT2D eigenvalue weighted by molar-refractivity contribution is -0.131. The Kier molecular flexibility index (Phi) is 3.63. The molecule has 0 bridgehead atoms. The van der Waals surface area contributed by atoms with E-state index in [1.165, 1.54) is 5.56 Å². The highest BCUT2D eigenvalue weighted by molar-refractivity contribution is 5.85. The second kappa shape index (κ2) is 5.36. The van der Waals surface area contributed by atoms with Crippen LogP contribution in [0.1, 0.15) is 17.0 Å². The van der Waals surface area contributed by atoms with Crippen LogP contribution in [0.4, 0.5) is 0 Å². The van der Waals surface area contributed by atoms with Gasteiger partial charge in [-0.15, -0.1) is 0 Å². The molecule has 0 atom stereocenters. The van der Waals surface area contributed by atoms with Crippen LogP contribution in [-0.2, 0) is 11.3 Å². The third kappa shape index (κ3) is 2.88. The SMILES string of the molecule is Cc1ccc(C=CC(=O)O)n1Cc1ccccc1. The smallest absolute Gasteiger partial charge is 0.328 e. The standard InChI is InChI=1S/C15H15NO2/c1-12-7-8-14(9-10-15(17)18)16(12)11-13-5-3-2-4-6-13/h2-10H,11H2,1H3,(H,17,18). The van der Waals surface area contributed by atoms with Gasteiger partial charge in [-0.25, -0.2) is 4.79 Å². The van der Waals surface area contributed by atoms with Crippen molar-refractivity contribution in [3.8, 4) is 0 Å². The normalized spacial score (nSPS) is 10.9. The second-order valence-electron chi connectivity index (χ2n) is 4.14. The van der Waals surface area contributed by atoms with E-state index in [1.54, 1.807) is 6.08 Å². The van der Waals surface area contributed by atoms with Crippen molar-refractivity contribution < 1.29 is 9.90 Å². The fourth-order valence-corrected chi connectivity index (χ4v) is 1.87. The Bertz CT molecular complexity index is 567. The number of carbonyl (C=O) groups is 1. The average molecular weight is 241 g/mol. The van der Waals surface area contributed by atoms with Gasteiger partial charge in [0.15, 0.2) is 0 Å². The molecule has 0 aliphatic rings. The molecule has 1 heterocycles. The summed E-state index contributed by atoms with van der Waals surface area (Å²) in [6, 6.07) is 14.0. The summed E-state index contributed by atoms with van der Waals surface area (Å²) >= 11 is 0. The van der Waals surface area contributed by atoms with Gasteiger partial charge in [-0.05, 0) is 30.7 Å². The van der Waals surface area contributed by atoms with Crippen molar-refractivity contribution in [2.75, 3.05) is 0 Å². The molecule has 0 unspecified atom stereocenters. The van der Waals surface area contributed by atoms with Gasteiger partial charge >= 0.3 is 5.97 Å². The maximum Gasteiger partial charge on any atom is 0.328 e. The largest absolute Gasteiger partial charge is 0.478 e. The highest BCUT2D eigenvalue weighted by Gasteiger charge is 2.03. The number of carboxylic acids is 1. The van der Waals surface area contributed by atoms with Crippen LogP contribution in [0, 0.1) is 6.92 Å². The fourth-order valence-electron chi connectivity index (χ4n) is 1.87. The van der Waals surface area contributed by atoms with Gasteiger partial charge in [0.05, 0.1) is 0 Å². The Labute approximate surface area is 106 Å². The number of aromatic nitrogens is 1. The van der Waals surface area contributed by atoms with Gasteiger partial charge < -0.3 is 9.67 Å². The van der Waals surface area contributed by atoms with Gasteiger partial charge in [0.25, 0.3) is 0 Å². The monoisotopic (exact) mass is 241 g/mol. The number of hydrogen-bond donors (Lipinski definition) is 1. The lowest BCUT2D eigenvalue weighted by atomic mass is 10.2. The van der Waals surface area contributed by atoms with Crippen molar-refractivity contribution in [3.63, 3.8) is 0 Å². The van der Waals surface area contributed by atoms with E-state index >= 15 is 0 Å². The number of aliphatic carboxylic acids is 1. The van der Waals surface area contributed by atoms with Gasteiger partial charge in [0.2, 0.25) is 0 Å². The van der Waals surface area contributed by atoms with Gasteiger partial charge in [0, 0.05) is 24.0 Å². The zero-order valence-corrected chi connectivity index (χ0v) is 10.2. The summed E-state index contributed by atoms with van der Waals surface area (Å²) < 4.78 is 2.09. The molecule has 1 aromatic carbocycles. The molecule has 0 radical (unpaired) electrons. The minimum atomic E-state index is -0.930. The maximum atomic E-state index is 10.6. The van der Waals surface area contributed by atoms with Crippen LogP contribution in [0.25, 0.3) is 6.08 Å². The van der Waals surface area contributed by atoms with Crippen molar-refractivity contribution in [3.05, 3.63) is 65.5 Å². The topological polar surface area (TPSA) is 42.2 Å². The summed E-state index contributed by atoms with van der Waals surface area (Å²) in [5.74, 6) is -0.930. The molecule has 92 valence electrons. The van der Waals surface area contributed by atoms with E-state index in [0.717, 1.165) is 24.0 Å². The second-order valence-corrected chi connectivity index (χ2v) is 4.14. The van der Waals surface area contributed by atoms with E-state index in [-0.39, 0.29) is 0 Å². The lowest BCUT2D eigenvalue weighted by Crippen LogP contribution is -2.03. The van der Waals surface area contributed by atoms with Crippen molar-refractivity contribution in [1.82, 2.24) is 4.57 Å².